The summed E-state index contributed by atoms with van der Waals surface area (Å²) in [5, 5.41) is 6.43. The van der Waals surface area contributed by atoms with E-state index in [4.69, 9.17) is 9.47 Å². The number of methoxy groups -OCH3 is 1. The van der Waals surface area contributed by atoms with Crippen LogP contribution in [0, 0.1) is 0 Å². The second kappa shape index (κ2) is 5.86. The van der Waals surface area contributed by atoms with Gasteiger partial charge in [-0.05, 0) is 36.4 Å². The molecule has 126 valence electrons. The van der Waals surface area contributed by atoms with E-state index in [1.807, 2.05) is 18.2 Å². The molecule has 0 atom stereocenters. The van der Waals surface area contributed by atoms with Crippen molar-refractivity contribution < 1.29 is 19.1 Å². The van der Waals surface area contributed by atoms with E-state index < -0.39 is 0 Å². The molecule has 0 radical (unpaired) electrons. The zero-order valence-corrected chi connectivity index (χ0v) is 13.4. The molecule has 2 aromatic carbocycles. The highest BCUT2D eigenvalue weighted by Gasteiger charge is 2.17. The highest BCUT2D eigenvalue weighted by atomic mass is 16.5. The van der Waals surface area contributed by atoms with Gasteiger partial charge in [0.2, 0.25) is 0 Å². The lowest BCUT2D eigenvalue weighted by atomic mass is 10.2. The summed E-state index contributed by atoms with van der Waals surface area (Å²) in [6.45, 7) is -0.00275. The van der Waals surface area contributed by atoms with Crippen molar-refractivity contribution in [2.75, 3.05) is 24.4 Å². The van der Waals surface area contributed by atoms with Crippen LogP contribution in [0.15, 0.2) is 42.5 Å². The molecule has 3 N–H and O–H groups in total. The number of aromatic amines is 1. The van der Waals surface area contributed by atoms with Crippen LogP contribution in [0.3, 0.4) is 0 Å². The van der Waals surface area contributed by atoms with Gasteiger partial charge in [-0.1, -0.05) is 0 Å². The molecule has 0 saturated heterocycles. The summed E-state index contributed by atoms with van der Waals surface area (Å²) in [5.41, 5.74) is 2.35. The predicted octanol–water partition coefficient (Wildman–Crippen LogP) is 2.76. The van der Waals surface area contributed by atoms with Gasteiger partial charge in [0, 0.05) is 22.7 Å². The Morgan fingerprint density at radius 3 is 2.92 bits per heavy atom. The molecule has 0 fully saturated rings. The smallest absolute Gasteiger partial charge is 0.272 e. The number of hydrogen-bond donors (Lipinski definition) is 3. The maximum Gasteiger partial charge on any atom is 0.272 e. The Labute approximate surface area is 142 Å². The summed E-state index contributed by atoms with van der Waals surface area (Å²) in [4.78, 5) is 26.9. The average molecular weight is 337 g/mol. The molecular weight excluding hydrogens is 322 g/mol. The first-order valence-electron chi connectivity index (χ1n) is 7.67. The highest BCUT2D eigenvalue weighted by Crippen LogP contribution is 2.30. The molecule has 1 aliphatic heterocycles. The number of ether oxygens (including phenoxy) is 2. The SMILES string of the molecule is COc1ccc2cc(C(=O)Nc3ccc4c(c3)NC(=O)CO4)[nH]c2c1. The van der Waals surface area contributed by atoms with Crippen LogP contribution in [-0.4, -0.2) is 30.5 Å². The molecule has 25 heavy (non-hydrogen) atoms. The lowest BCUT2D eigenvalue weighted by Gasteiger charge is -2.18. The molecule has 1 aliphatic rings. The number of hydrogen-bond acceptors (Lipinski definition) is 4. The van der Waals surface area contributed by atoms with Crippen LogP contribution in [0.25, 0.3) is 10.9 Å². The zero-order chi connectivity index (χ0) is 17.4. The minimum atomic E-state index is -0.279. The van der Waals surface area contributed by atoms with Gasteiger partial charge < -0.3 is 25.1 Å². The zero-order valence-electron chi connectivity index (χ0n) is 13.4. The predicted molar refractivity (Wildman–Crippen MR) is 93.4 cm³/mol. The summed E-state index contributed by atoms with van der Waals surface area (Å²) >= 11 is 0. The molecule has 3 aromatic rings. The van der Waals surface area contributed by atoms with Crippen LogP contribution in [0.2, 0.25) is 0 Å². The fourth-order valence-electron chi connectivity index (χ4n) is 2.71. The van der Waals surface area contributed by atoms with Gasteiger partial charge in [-0.15, -0.1) is 0 Å². The first kappa shape index (κ1) is 15.1. The van der Waals surface area contributed by atoms with Crippen molar-refractivity contribution in [3.8, 4) is 11.5 Å². The second-order valence-electron chi connectivity index (χ2n) is 5.64. The fraction of sp³-hybridized carbons (Fsp3) is 0.111. The minimum Gasteiger partial charge on any atom is -0.497 e. The molecule has 0 spiro atoms. The van der Waals surface area contributed by atoms with Crippen LogP contribution in [0.1, 0.15) is 10.5 Å². The van der Waals surface area contributed by atoms with Gasteiger partial charge in [-0.2, -0.15) is 0 Å². The minimum absolute atomic E-state index is 0.00275. The van der Waals surface area contributed by atoms with E-state index in [0.29, 0.717) is 28.6 Å². The van der Waals surface area contributed by atoms with Gasteiger partial charge in [-0.25, -0.2) is 0 Å². The van der Waals surface area contributed by atoms with Gasteiger partial charge in [-0.3, -0.25) is 9.59 Å². The standard InChI is InChI=1S/C18H15N3O4/c1-24-12-4-2-10-6-15(20-13(10)8-12)18(23)19-11-3-5-16-14(7-11)21-17(22)9-25-16/h2-8,20H,9H2,1H3,(H,19,23)(H,21,22). The van der Waals surface area contributed by atoms with Crippen LogP contribution < -0.4 is 20.1 Å². The molecule has 1 aromatic heterocycles. The number of amides is 2. The monoisotopic (exact) mass is 337 g/mol. The van der Waals surface area contributed by atoms with Crippen LogP contribution in [0.5, 0.6) is 11.5 Å². The Kier molecular flexibility index (Phi) is 3.53. The summed E-state index contributed by atoms with van der Waals surface area (Å²) in [7, 11) is 1.59. The molecular formula is C18H15N3O4. The first-order chi connectivity index (χ1) is 12.1. The number of nitrogens with one attached hydrogen (secondary N) is 3. The molecule has 0 aliphatic carbocycles. The van der Waals surface area contributed by atoms with Gasteiger partial charge in [0.05, 0.1) is 12.8 Å². The number of anilines is 2. The Morgan fingerprint density at radius 2 is 2.08 bits per heavy atom. The molecule has 4 rings (SSSR count). The molecule has 2 heterocycles. The summed E-state index contributed by atoms with van der Waals surface area (Å²) in [5.74, 6) is 0.792. The lowest BCUT2D eigenvalue weighted by Crippen LogP contribution is -2.25. The van der Waals surface area contributed by atoms with E-state index in [9.17, 15) is 9.59 Å². The van der Waals surface area contributed by atoms with Gasteiger partial charge in [0.1, 0.15) is 17.2 Å². The van der Waals surface area contributed by atoms with Crippen molar-refractivity contribution in [1.29, 1.82) is 0 Å². The lowest BCUT2D eigenvalue weighted by molar-refractivity contribution is -0.118. The number of rotatable bonds is 3. The Balaban J connectivity index is 1.57. The third kappa shape index (κ3) is 2.87. The van der Waals surface area contributed by atoms with Crippen molar-refractivity contribution in [3.63, 3.8) is 0 Å². The highest BCUT2D eigenvalue weighted by molar-refractivity contribution is 6.06. The number of fused-ring (bicyclic) bond motifs is 2. The fourth-order valence-corrected chi connectivity index (χ4v) is 2.71. The molecule has 2 amide bonds. The summed E-state index contributed by atoms with van der Waals surface area (Å²) in [6.07, 6.45) is 0. The Hall–Kier alpha value is -3.48. The third-order valence-electron chi connectivity index (χ3n) is 3.94. The van der Waals surface area contributed by atoms with Gasteiger partial charge in [0.25, 0.3) is 11.8 Å². The molecule has 0 bridgehead atoms. The number of H-pyrrole nitrogens is 1. The van der Waals surface area contributed by atoms with Crippen molar-refractivity contribution in [2.45, 2.75) is 0 Å². The van der Waals surface area contributed by atoms with Crippen LogP contribution in [-0.2, 0) is 4.79 Å². The number of aromatic nitrogens is 1. The Morgan fingerprint density at radius 1 is 1.20 bits per heavy atom. The largest absolute Gasteiger partial charge is 0.497 e. The summed E-state index contributed by atoms with van der Waals surface area (Å²) < 4.78 is 10.5. The normalized spacial score (nSPS) is 12.9. The van der Waals surface area contributed by atoms with Crippen molar-refractivity contribution in [3.05, 3.63) is 48.2 Å². The maximum absolute atomic E-state index is 12.5. The maximum atomic E-state index is 12.5. The van der Waals surface area contributed by atoms with Crippen LogP contribution in [0.4, 0.5) is 11.4 Å². The van der Waals surface area contributed by atoms with Gasteiger partial charge in [0.15, 0.2) is 6.61 Å². The second-order valence-corrected chi connectivity index (χ2v) is 5.64. The van der Waals surface area contributed by atoms with Crippen molar-refractivity contribution >= 4 is 34.1 Å². The average Bonchev–Trinajstić information content (AvgIpc) is 3.04. The molecule has 7 nitrogen and oxygen atoms in total. The molecule has 0 saturated carbocycles. The molecule has 0 unspecified atom stereocenters. The van der Waals surface area contributed by atoms with E-state index >= 15 is 0 Å². The topological polar surface area (TPSA) is 92.5 Å². The molecule has 7 heteroatoms. The number of carbonyl (C=O) groups is 2. The van der Waals surface area contributed by atoms with Gasteiger partial charge >= 0.3 is 0 Å². The third-order valence-corrected chi connectivity index (χ3v) is 3.94. The van der Waals surface area contributed by atoms with E-state index in [1.165, 1.54) is 0 Å². The van der Waals surface area contributed by atoms with E-state index in [0.717, 1.165) is 10.9 Å². The summed E-state index contributed by atoms with van der Waals surface area (Å²) in [6, 6.07) is 12.4. The van der Waals surface area contributed by atoms with Crippen LogP contribution >= 0.6 is 0 Å². The van der Waals surface area contributed by atoms with Crippen molar-refractivity contribution in [1.82, 2.24) is 4.98 Å². The first-order valence-corrected chi connectivity index (χ1v) is 7.67. The van der Waals surface area contributed by atoms with Crippen molar-refractivity contribution in [2.24, 2.45) is 0 Å². The van der Waals surface area contributed by atoms with E-state index in [1.54, 1.807) is 31.4 Å². The Bertz CT molecular complexity index is 993. The number of carbonyl (C=O) groups excluding carboxylic acids is 2. The quantitative estimate of drug-likeness (QED) is 0.685. The van der Waals surface area contributed by atoms with E-state index in [-0.39, 0.29) is 18.4 Å². The number of benzene rings is 2. The van der Waals surface area contributed by atoms with E-state index in [2.05, 4.69) is 15.6 Å².